The highest BCUT2D eigenvalue weighted by Crippen LogP contribution is 2.16. The molecule has 1 aromatic rings. The summed E-state index contributed by atoms with van der Waals surface area (Å²) in [6.07, 6.45) is 3.76. The van der Waals surface area contributed by atoms with E-state index < -0.39 is 9.84 Å². The van der Waals surface area contributed by atoms with Gasteiger partial charge in [-0.3, -0.25) is 9.59 Å². The highest BCUT2D eigenvalue weighted by Gasteiger charge is 2.31. The fourth-order valence-electron chi connectivity index (χ4n) is 2.87. The summed E-state index contributed by atoms with van der Waals surface area (Å²) in [5.74, 6) is 0.664. The van der Waals surface area contributed by atoms with Crippen molar-refractivity contribution in [3.05, 3.63) is 29.8 Å². The molecule has 0 unspecified atom stereocenters. The molecular formula is C17H25N3O4S2. The van der Waals surface area contributed by atoms with Crippen LogP contribution in [0.15, 0.2) is 29.2 Å². The van der Waals surface area contributed by atoms with E-state index in [2.05, 4.69) is 10.6 Å². The van der Waals surface area contributed by atoms with Crippen molar-refractivity contribution in [3.63, 3.8) is 0 Å². The van der Waals surface area contributed by atoms with E-state index in [0.29, 0.717) is 31.0 Å². The van der Waals surface area contributed by atoms with Gasteiger partial charge in [0.25, 0.3) is 5.91 Å². The summed E-state index contributed by atoms with van der Waals surface area (Å²) in [5, 5.41) is 6.07. The zero-order chi connectivity index (χ0) is 19.3. The first-order valence-electron chi connectivity index (χ1n) is 8.28. The van der Waals surface area contributed by atoms with Crippen LogP contribution in [-0.2, 0) is 14.6 Å². The number of thioether (sulfide) groups is 1. The molecule has 2 rings (SSSR count). The van der Waals surface area contributed by atoms with Gasteiger partial charge in [-0.1, -0.05) is 0 Å². The number of hydrogen-bond donors (Lipinski definition) is 2. The van der Waals surface area contributed by atoms with Gasteiger partial charge in [0.15, 0.2) is 9.84 Å². The van der Waals surface area contributed by atoms with E-state index in [1.165, 1.54) is 24.3 Å². The molecule has 1 heterocycles. The smallest absolute Gasteiger partial charge is 0.251 e. The number of rotatable bonds is 7. The zero-order valence-electron chi connectivity index (χ0n) is 15.2. The Bertz CT molecular complexity index is 750. The number of benzene rings is 1. The van der Waals surface area contributed by atoms with Crippen LogP contribution in [0.4, 0.5) is 0 Å². The summed E-state index contributed by atoms with van der Waals surface area (Å²) in [6, 6.07) is 5.66. The summed E-state index contributed by atoms with van der Waals surface area (Å²) in [5.41, 5.74) is 0.413. The molecule has 1 fully saturated rings. The molecule has 9 heteroatoms. The number of likely N-dealkylation sites (N-methyl/N-ethyl adjacent to an activating group) is 1. The van der Waals surface area contributed by atoms with Crippen molar-refractivity contribution >= 4 is 33.4 Å². The minimum absolute atomic E-state index is 0.0736. The minimum atomic E-state index is -3.27. The van der Waals surface area contributed by atoms with E-state index in [4.69, 9.17) is 0 Å². The molecule has 2 atom stereocenters. The van der Waals surface area contributed by atoms with Gasteiger partial charge >= 0.3 is 0 Å². The van der Waals surface area contributed by atoms with E-state index >= 15 is 0 Å². The molecule has 2 amide bonds. The number of amides is 2. The summed E-state index contributed by atoms with van der Waals surface area (Å²) in [7, 11) is -1.49. The van der Waals surface area contributed by atoms with Gasteiger partial charge in [-0.25, -0.2) is 8.42 Å². The van der Waals surface area contributed by atoms with Crippen molar-refractivity contribution in [2.24, 2.45) is 5.92 Å². The third kappa shape index (κ3) is 5.46. The zero-order valence-corrected chi connectivity index (χ0v) is 16.8. The third-order valence-electron chi connectivity index (χ3n) is 4.31. The Kier molecular flexibility index (Phi) is 7.08. The minimum Gasteiger partial charge on any atom is -0.352 e. The Hall–Kier alpha value is -1.58. The molecule has 0 bridgehead atoms. The van der Waals surface area contributed by atoms with Crippen molar-refractivity contribution in [1.29, 1.82) is 0 Å². The average Bonchev–Trinajstić information content (AvgIpc) is 3.07. The van der Waals surface area contributed by atoms with E-state index in [1.807, 2.05) is 6.26 Å². The molecule has 0 aromatic heterocycles. The fraction of sp³-hybridized carbons (Fsp3) is 0.529. The molecule has 1 saturated heterocycles. The second-order valence-corrected chi connectivity index (χ2v) is 9.37. The maximum atomic E-state index is 12.3. The summed E-state index contributed by atoms with van der Waals surface area (Å²) in [4.78, 5) is 26.4. The van der Waals surface area contributed by atoms with E-state index in [1.54, 1.807) is 23.7 Å². The average molecular weight is 400 g/mol. The van der Waals surface area contributed by atoms with Crippen LogP contribution in [0.25, 0.3) is 0 Å². The summed E-state index contributed by atoms with van der Waals surface area (Å²) in [6.45, 7) is 1.15. The second kappa shape index (κ2) is 8.88. The van der Waals surface area contributed by atoms with Gasteiger partial charge in [0.1, 0.15) is 0 Å². The standard InChI is InChI=1S/C17H25N3O4S2/c1-20(11-25-2)17(22)15-8-12(9-18-15)10-19-16(21)13-4-6-14(7-5-13)26(3,23)24/h4-7,12,15,18H,8-11H2,1-3H3,(H,19,21)/t12-,15-/m0/s1. The van der Waals surface area contributed by atoms with Crippen LogP contribution in [0.5, 0.6) is 0 Å². The normalized spacial score (nSPS) is 20.0. The Labute approximate surface area is 158 Å². The molecule has 26 heavy (non-hydrogen) atoms. The molecule has 0 saturated carbocycles. The van der Waals surface area contributed by atoms with Crippen LogP contribution in [0.3, 0.4) is 0 Å². The summed E-state index contributed by atoms with van der Waals surface area (Å²) >= 11 is 1.59. The van der Waals surface area contributed by atoms with Crippen LogP contribution < -0.4 is 10.6 Å². The lowest BCUT2D eigenvalue weighted by molar-refractivity contribution is -0.130. The molecule has 144 valence electrons. The quantitative estimate of drug-likeness (QED) is 0.651. The van der Waals surface area contributed by atoms with Crippen LogP contribution in [0.1, 0.15) is 16.8 Å². The highest BCUT2D eigenvalue weighted by molar-refractivity contribution is 7.98. The second-order valence-electron chi connectivity index (χ2n) is 6.52. The van der Waals surface area contributed by atoms with Crippen LogP contribution >= 0.6 is 11.8 Å². The Morgan fingerprint density at radius 3 is 2.54 bits per heavy atom. The van der Waals surface area contributed by atoms with Gasteiger partial charge in [0, 0.05) is 32.0 Å². The van der Waals surface area contributed by atoms with Gasteiger partial charge in [-0.05, 0) is 42.9 Å². The number of nitrogens with zero attached hydrogens (tertiary/aromatic N) is 1. The monoisotopic (exact) mass is 399 g/mol. The largest absolute Gasteiger partial charge is 0.352 e. The number of nitrogens with one attached hydrogen (secondary N) is 2. The Balaban J connectivity index is 1.84. The molecule has 0 radical (unpaired) electrons. The molecule has 1 aliphatic heterocycles. The molecule has 2 N–H and O–H groups in total. The molecule has 7 nitrogen and oxygen atoms in total. The van der Waals surface area contributed by atoms with Crippen molar-refractivity contribution in [3.8, 4) is 0 Å². The number of carbonyl (C=O) groups is 2. The molecule has 0 aliphatic carbocycles. The van der Waals surface area contributed by atoms with Gasteiger partial charge < -0.3 is 15.5 Å². The maximum Gasteiger partial charge on any atom is 0.251 e. The molecule has 1 aliphatic rings. The first-order chi connectivity index (χ1) is 12.2. The van der Waals surface area contributed by atoms with Gasteiger partial charge in [-0.2, -0.15) is 0 Å². The van der Waals surface area contributed by atoms with Crippen molar-refractivity contribution in [2.45, 2.75) is 17.4 Å². The number of carbonyl (C=O) groups excluding carboxylic acids is 2. The highest BCUT2D eigenvalue weighted by atomic mass is 32.2. The maximum absolute atomic E-state index is 12.3. The third-order valence-corrected chi connectivity index (χ3v) is 6.09. The Morgan fingerprint density at radius 1 is 1.31 bits per heavy atom. The van der Waals surface area contributed by atoms with Crippen LogP contribution in [0.2, 0.25) is 0 Å². The number of sulfone groups is 1. The Morgan fingerprint density at radius 2 is 1.96 bits per heavy atom. The SMILES string of the molecule is CSCN(C)C(=O)[C@@H]1C[C@H](CNC(=O)c2ccc(S(C)(=O)=O)cc2)CN1. The lowest BCUT2D eigenvalue weighted by atomic mass is 10.0. The van der Waals surface area contributed by atoms with Gasteiger partial charge in [0.2, 0.25) is 5.91 Å². The van der Waals surface area contributed by atoms with Gasteiger partial charge in [-0.15, -0.1) is 11.8 Å². The van der Waals surface area contributed by atoms with Crippen LogP contribution in [0, 0.1) is 5.92 Å². The molecule has 0 spiro atoms. The van der Waals surface area contributed by atoms with Gasteiger partial charge in [0.05, 0.1) is 16.8 Å². The predicted molar refractivity (Wildman–Crippen MR) is 103 cm³/mol. The molecular weight excluding hydrogens is 374 g/mol. The van der Waals surface area contributed by atoms with Crippen molar-refractivity contribution in [1.82, 2.24) is 15.5 Å². The lowest BCUT2D eigenvalue weighted by Gasteiger charge is -2.20. The van der Waals surface area contributed by atoms with Crippen molar-refractivity contribution in [2.75, 3.05) is 38.5 Å². The first-order valence-corrected chi connectivity index (χ1v) is 11.6. The lowest BCUT2D eigenvalue weighted by Crippen LogP contribution is -2.41. The summed E-state index contributed by atoms with van der Waals surface area (Å²) < 4.78 is 22.9. The van der Waals surface area contributed by atoms with E-state index in [9.17, 15) is 18.0 Å². The predicted octanol–water partition coefficient (Wildman–Crippen LogP) is 0.577. The van der Waals surface area contributed by atoms with Crippen LogP contribution in [-0.4, -0.2) is 69.7 Å². The first kappa shape index (κ1) is 20.7. The molecule has 1 aromatic carbocycles. The number of hydrogen-bond acceptors (Lipinski definition) is 6. The van der Waals surface area contributed by atoms with Crippen molar-refractivity contribution < 1.29 is 18.0 Å². The van der Waals surface area contributed by atoms with E-state index in [0.717, 1.165) is 6.26 Å². The fourth-order valence-corrected chi connectivity index (χ4v) is 4.01. The van der Waals surface area contributed by atoms with E-state index in [-0.39, 0.29) is 28.7 Å². The topological polar surface area (TPSA) is 95.6 Å².